The number of carbonyl (C=O) groups is 2. The van der Waals surface area contributed by atoms with Crippen LogP contribution in [-0.2, 0) is 29.9 Å². The zero-order chi connectivity index (χ0) is 59.1. The number of thiophene rings is 2. The fourth-order valence-corrected chi connectivity index (χ4v) is 10.6. The minimum atomic E-state index is 0.305. The molecule has 2 aromatic carbocycles. The lowest BCUT2D eigenvalue weighted by Crippen LogP contribution is -2.24. The monoisotopic (exact) mass is 1180 g/mol. The minimum absolute atomic E-state index is 0.305. The largest absolute Gasteiger partial charge is 0.429 e. The molecule has 8 aromatic heterocycles. The van der Waals surface area contributed by atoms with Gasteiger partial charge in [-0.1, -0.05) is 88.1 Å². The number of hydrogen-bond donors (Lipinski definition) is 2. The Morgan fingerprint density at radius 3 is 1.42 bits per heavy atom. The number of ether oxygens (including phenoxy) is 2. The summed E-state index contributed by atoms with van der Waals surface area (Å²) in [5.41, 5.74) is 9.82. The molecular weight excluding hydrogens is 1120 g/mol. The molecule has 0 aliphatic rings. The second-order valence-corrected chi connectivity index (χ2v) is 19.9. The van der Waals surface area contributed by atoms with E-state index in [1.54, 1.807) is 59.3 Å². The third-order valence-electron chi connectivity index (χ3n) is 12.3. The second-order valence-electron chi connectivity index (χ2n) is 17.8. The molecule has 0 amide bonds. The number of halogens is 2. The van der Waals surface area contributed by atoms with Gasteiger partial charge in [-0.2, -0.15) is 0 Å². The molecule has 0 atom stereocenters. The Balaban J connectivity index is 0.000000214. The number of unbranched alkanes of at least 4 members (excludes halogenated alkanes) is 4. The Kier molecular flexibility index (Phi) is 25.6. The average molecular weight is 1180 g/mol. The van der Waals surface area contributed by atoms with Gasteiger partial charge >= 0.3 is 0 Å². The number of pyridine rings is 6. The van der Waals surface area contributed by atoms with Crippen molar-refractivity contribution in [3.8, 4) is 77.9 Å². The highest BCUT2D eigenvalue weighted by molar-refractivity contribution is 7.19. The van der Waals surface area contributed by atoms with Crippen LogP contribution in [-0.4, -0.2) is 66.5 Å². The molecule has 84 heavy (non-hydrogen) atoms. The van der Waals surface area contributed by atoms with E-state index >= 15 is 0 Å². The molecule has 8 heterocycles. The highest BCUT2D eigenvalue weighted by Gasteiger charge is 2.18. The van der Waals surface area contributed by atoms with Gasteiger partial charge in [0, 0.05) is 87.4 Å². The van der Waals surface area contributed by atoms with Gasteiger partial charge < -0.3 is 19.3 Å². The van der Waals surface area contributed by atoms with E-state index in [9.17, 15) is 18.6 Å². The Morgan fingerprint density at radius 1 is 0.452 bits per heavy atom. The maximum Gasteiger partial charge on any atom is 0.298 e. The van der Waals surface area contributed by atoms with Crippen molar-refractivity contribution in [2.45, 2.75) is 52.4 Å². The molecule has 0 bridgehead atoms. The molecule has 432 valence electrons. The number of rotatable bonds is 24. The molecule has 18 nitrogen and oxygen atoms in total. The van der Waals surface area contributed by atoms with Crippen molar-refractivity contribution < 1.29 is 58.9 Å². The van der Waals surface area contributed by atoms with Crippen LogP contribution in [0.1, 0.15) is 52.4 Å². The first-order valence-corrected chi connectivity index (χ1v) is 28.0. The van der Waals surface area contributed by atoms with Crippen LogP contribution in [0, 0.1) is 0 Å². The van der Waals surface area contributed by atoms with E-state index in [4.69, 9.17) is 30.0 Å². The van der Waals surface area contributed by atoms with Crippen molar-refractivity contribution in [2.24, 2.45) is 0 Å². The van der Waals surface area contributed by atoms with E-state index in [0.29, 0.717) is 47.2 Å². The van der Waals surface area contributed by atoms with Gasteiger partial charge in [-0.05, 0) is 146 Å². The summed E-state index contributed by atoms with van der Waals surface area (Å²) in [7, 11) is 0. The molecule has 0 spiro atoms. The standard InChI is InChI=1S/C31H34N4O4S.C31H22N4S.2FHO3/c1-3-5-7-15-35(16-8-6-4-2)31-10-9-30(40-31)23-11-13-32-26(17-23)28-19-25(39-22-37)20-29(34-28)27-18-24(38-21-36)12-14-33-27;1-3-10-24(11-4-1)35(25-12-5-2-6-13-25)31-18-17-30(36-31)23-19-21-33-29(22-23)28-16-9-15-27(34-28)26-14-7-8-20-32-26;2*1-3-4-2/h9-14,17-22H,3-8,15-16H2,1-2H3;1-22H;2*2H. The molecule has 2 N–H and O–H groups in total. The summed E-state index contributed by atoms with van der Waals surface area (Å²) < 4.78 is 29.6. The number of nitrogens with zero attached hydrogens (tertiary/aromatic N) is 8. The summed E-state index contributed by atoms with van der Waals surface area (Å²) in [5.74, 6) is 0.635. The number of aromatic nitrogens is 6. The highest BCUT2D eigenvalue weighted by atomic mass is 32.1. The number of carbonyl (C=O) groups excluding carboxylic acids is 2. The maximum absolute atomic E-state index is 11.1. The molecule has 0 radical (unpaired) electrons. The van der Waals surface area contributed by atoms with Gasteiger partial charge in [0.1, 0.15) is 16.5 Å². The van der Waals surface area contributed by atoms with Crippen molar-refractivity contribution >= 4 is 57.0 Å². The van der Waals surface area contributed by atoms with Crippen molar-refractivity contribution in [3.05, 3.63) is 195 Å². The summed E-state index contributed by atoms with van der Waals surface area (Å²) in [5, 5.41) is 24.9. The van der Waals surface area contributed by atoms with Crippen LogP contribution in [0.4, 0.5) is 30.4 Å². The average Bonchev–Trinajstić information content (AvgIpc) is 4.44. The van der Waals surface area contributed by atoms with Gasteiger partial charge in [0.25, 0.3) is 12.9 Å². The number of hydrogen-bond acceptors (Lipinski definition) is 20. The van der Waals surface area contributed by atoms with Crippen molar-refractivity contribution in [2.75, 3.05) is 22.9 Å². The van der Waals surface area contributed by atoms with E-state index in [1.807, 2.05) is 66.9 Å². The van der Waals surface area contributed by atoms with E-state index in [1.165, 1.54) is 54.6 Å². The Morgan fingerprint density at radius 2 is 0.893 bits per heavy atom. The SMILES string of the molecule is CCCCCN(CCCCC)c1ccc(-c2ccnc(-c3cc(OC=O)cc(-c4cc(OC=O)ccn4)n3)c2)s1.OOOF.OOOF.c1ccc(N(c2ccccc2)c2ccc(-c3ccnc(-c4cccc(-c5ccccn5)n4)c3)s2)cc1. The van der Waals surface area contributed by atoms with E-state index in [2.05, 4.69) is 149 Å². The molecule has 0 fully saturated rings. The van der Waals surface area contributed by atoms with Gasteiger partial charge in [0.05, 0.1) is 50.6 Å². The molecule has 0 unspecified atom stereocenters. The predicted molar refractivity (Wildman–Crippen MR) is 319 cm³/mol. The van der Waals surface area contributed by atoms with Crippen LogP contribution < -0.4 is 19.3 Å². The lowest BCUT2D eigenvalue weighted by Gasteiger charge is -2.23. The summed E-state index contributed by atoms with van der Waals surface area (Å²) in [6.07, 6.45) is 14.2. The van der Waals surface area contributed by atoms with Crippen LogP contribution >= 0.6 is 22.7 Å². The molecule has 0 saturated heterocycles. The highest BCUT2D eigenvalue weighted by Crippen LogP contribution is 2.42. The Hall–Kier alpha value is -9.10. The van der Waals surface area contributed by atoms with Crippen LogP contribution in [0.2, 0.25) is 0 Å². The first kappa shape index (κ1) is 62.5. The molecule has 0 saturated carbocycles. The summed E-state index contributed by atoms with van der Waals surface area (Å²) in [6, 6.07) is 56.0. The predicted octanol–water partition coefficient (Wildman–Crippen LogP) is 16.2. The second kappa shape index (κ2) is 34.4. The molecular formula is C62H58F2N8O10S2. The maximum atomic E-state index is 11.1. The zero-order valence-corrected chi connectivity index (χ0v) is 47.2. The van der Waals surface area contributed by atoms with Gasteiger partial charge in [-0.3, -0.25) is 29.5 Å². The molecule has 0 aliphatic carbocycles. The zero-order valence-electron chi connectivity index (χ0n) is 45.6. The van der Waals surface area contributed by atoms with E-state index < -0.39 is 0 Å². The molecule has 22 heteroatoms. The number of benzene rings is 2. The fraction of sp³-hybridized carbons (Fsp3) is 0.161. The molecule has 10 rings (SSSR count). The Labute approximate surface area is 491 Å². The number of anilines is 4. The first-order valence-electron chi connectivity index (χ1n) is 26.4. The lowest BCUT2D eigenvalue weighted by atomic mass is 10.1. The minimum Gasteiger partial charge on any atom is -0.429 e. The smallest absolute Gasteiger partial charge is 0.298 e. The van der Waals surface area contributed by atoms with E-state index in [0.717, 1.165) is 68.2 Å². The lowest BCUT2D eigenvalue weighted by molar-refractivity contribution is -0.572. The van der Waals surface area contributed by atoms with Gasteiger partial charge in [-0.25, -0.2) is 20.5 Å². The topological polar surface area (TPSA) is 214 Å². The first-order chi connectivity index (χ1) is 41.3. The van der Waals surface area contributed by atoms with Crippen LogP contribution in [0.5, 0.6) is 11.5 Å². The summed E-state index contributed by atoms with van der Waals surface area (Å²) in [6.45, 7) is 7.34. The summed E-state index contributed by atoms with van der Waals surface area (Å²) in [4.78, 5) is 56.6. The molecule has 10 aromatic rings. The quantitative estimate of drug-likeness (QED) is 0.0249. The van der Waals surface area contributed by atoms with Crippen molar-refractivity contribution in [1.82, 2.24) is 29.9 Å². The fourth-order valence-electron chi connectivity index (χ4n) is 8.50. The van der Waals surface area contributed by atoms with E-state index in [-0.39, 0.29) is 0 Å². The third kappa shape index (κ3) is 18.5. The number of para-hydroxylation sites is 2. The van der Waals surface area contributed by atoms with Gasteiger partial charge in [-0.15, -0.1) is 22.7 Å². The molecule has 0 aliphatic heterocycles. The Bertz CT molecular complexity index is 3500. The van der Waals surface area contributed by atoms with Crippen LogP contribution in [0.3, 0.4) is 0 Å². The van der Waals surface area contributed by atoms with Crippen molar-refractivity contribution in [1.29, 1.82) is 0 Å². The van der Waals surface area contributed by atoms with Gasteiger partial charge in [0.15, 0.2) is 0 Å². The van der Waals surface area contributed by atoms with Crippen LogP contribution in [0.25, 0.3) is 66.4 Å². The van der Waals surface area contributed by atoms with Crippen molar-refractivity contribution in [3.63, 3.8) is 0 Å². The van der Waals surface area contributed by atoms with Crippen LogP contribution in [0.15, 0.2) is 195 Å². The normalized spacial score (nSPS) is 10.5. The summed E-state index contributed by atoms with van der Waals surface area (Å²) >= 11 is 3.54. The van der Waals surface area contributed by atoms with Gasteiger partial charge in [0.2, 0.25) is 0 Å². The third-order valence-corrected chi connectivity index (χ3v) is 14.6.